The quantitative estimate of drug-likeness (QED) is 0.581. The molecule has 1 amide bonds. The lowest BCUT2D eigenvalue weighted by Gasteiger charge is -2.13. The first-order valence-electron chi connectivity index (χ1n) is 8.22. The average molecular weight is 355 g/mol. The fourth-order valence-electron chi connectivity index (χ4n) is 2.33. The van der Waals surface area contributed by atoms with Crippen LogP contribution < -0.4 is 10.1 Å². The van der Waals surface area contributed by atoms with E-state index >= 15 is 0 Å². The monoisotopic (exact) mass is 355 g/mol. The number of carbonyl (C=O) groups excluding carboxylic acids is 3. The molecule has 2 aromatic rings. The summed E-state index contributed by atoms with van der Waals surface area (Å²) in [5.74, 6) is -0.590. The summed E-state index contributed by atoms with van der Waals surface area (Å²) in [6.07, 6.45) is 0.639. The molecule has 0 aliphatic carbocycles. The molecule has 0 aromatic heterocycles. The highest BCUT2D eigenvalue weighted by atomic mass is 16.6. The third-order valence-electron chi connectivity index (χ3n) is 3.61. The van der Waals surface area contributed by atoms with Gasteiger partial charge >= 0.3 is 5.97 Å². The third-order valence-corrected chi connectivity index (χ3v) is 3.61. The highest BCUT2D eigenvalue weighted by Crippen LogP contribution is 2.23. The van der Waals surface area contributed by atoms with Crippen molar-refractivity contribution in [3.05, 3.63) is 59.7 Å². The van der Waals surface area contributed by atoms with Crippen molar-refractivity contribution in [1.29, 1.82) is 0 Å². The van der Waals surface area contributed by atoms with Gasteiger partial charge in [-0.15, -0.1) is 0 Å². The van der Waals surface area contributed by atoms with Gasteiger partial charge in [0.05, 0.1) is 5.56 Å². The summed E-state index contributed by atoms with van der Waals surface area (Å²) in [5.41, 5.74) is 2.03. The fourth-order valence-corrected chi connectivity index (χ4v) is 2.33. The van der Waals surface area contributed by atoms with Crippen LogP contribution in [0.15, 0.2) is 48.5 Å². The van der Waals surface area contributed by atoms with Crippen molar-refractivity contribution in [2.45, 2.75) is 19.8 Å². The summed E-state index contributed by atoms with van der Waals surface area (Å²) in [6.45, 7) is 3.25. The van der Waals surface area contributed by atoms with E-state index in [1.165, 1.54) is 0 Å². The lowest BCUT2D eigenvalue weighted by molar-refractivity contribution is -0.149. The molecule has 6 heteroatoms. The Morgan fingerprint density at radius 1 is 1.04 bits per heavy atom. The van der Waals surface area contributed by atoms with Crippen LogP contribution in [0.3, 0.4) is 0 Å². The number of hydrogen-bond donors (Lipinski definition) is 1. The van der Waals surface area contributed by atoms with Gasteiger partial charge in [0.25, 0.3) is 5.91 Å². The van der Waals surface area contributed by atoms with Crippen molar-refractivity contribution < 1.29 is 23.9 Å². The van der Waals surface area contributed by atoms with Crippen LogP contribution in [0.2, 0.25) is 0 Å². The molecule has 2 rings (SSSR count). The number of anilines is 1. The lowest BCUT2D eigenvalue weighted by atomic mass is 10.0. The summed E-state index contributed by atoms with van der Waals surface area (Å²) in [7, 11) is 0. The van der Waals surface area contributed by atoms with Crippen LogP contribution in [-0.4, -0.2) is 31.4 Å². The topological polar surface area (TPSA) is 81.7 Å². The van der Waals surface area contributed by atoms with Crippen molar-refractivity contribution in [2.75, 3.05) is 18.5 Å². The molecule has 0 saturated heterocycles. The van der Waals surface area contributed by atoms with Gasteiger partial charge in [0, 0.05) is 5.69 Å². The molecule has 2 aromatic carbocycles. The standard InChI is InChI=1S/C20H21NO5/c1-14(2)16-8-4-5-9-17(16)21-19(23)12-26-20(24)13-25-18-10-6-3-7-15(18)11-22/h3-11,14H,12-13H2,1-2H3,(H,21,23). The summed E-state index contributed by atoms with van der Waals surface area (Å²) < 4.78 is 10.2. The number of carbonyl (C=O) groups is 3. The molecule has 0 unspecified atom stereocenters. The number of aldehydes is 1. The minimum atomic E-state index is -0.696. The van der Waals surface area contributed by atoms with Crippen molar-refractivity contribution >= 4 is 23.9 Å². The maximum Gasteiger partial charge on any atom is 0.344 e. The molecule has 0 aliphatic rings. The highest BCUT2D eigenvalue weighted by molar-refractivity contribution is 5.93. The third kappa shape index (κ3) is 5.44. The van der Waals surface area contributed by atoms with Crippen LogP contribution in [0.5, 0.6) is 5.75 Å². The maximum atomic E-state index is 12.0. The van der Waals surface area contributed by atoms with Crippen LogP contribution in [0, 0.1) is 0 Å². The first-order chi connectivity index (χ1) is 12.5. The first kappa shape index (κ1) is 19.2. The zero-order chi connectivity index (χ0) is 18.9. The summed E-state index contributed by atoms with van der Waals surface area (Å²) in [6, 6.07) is 14.0. The second kappa shape index (κ2) is 9.36. The van der Waals surface area contributed by atoms with E-state index in [-0.39, 0.29) is 18.3 Å². The molecule has 6 nitrogen and oxygen atoms in total. The number of hydrogen-bond acceptors (Lipinski definition) is 5. The molecule has 1 N–H and O–H groups in total. The van der Waals surface area contributed by atoms with Gasteiger partial charge in [-0.2, -0.15) is 0 Å². The summed E-state index contributed by atoms with van der Waals surface area (Å²) in [4.78, 5) is 34.6. The number of benzene rings is 2. The molecular formula is C20H21NO5. The smallest absolute Gasteiger partial charge is 0.344 e. The van der Waals surface area contributed by atoms with E-state index in [1.807, 2.05) is 32.0 Å². The van der Waals surface area contributed by atoms with Crippen LogP contribution in [0.4, 0.5) is 5.69 Å². The molecule has 0 fully saturated rings. The fraction of sp³-hybridized carbons (Fsp3) is 0.250. The normalized spacial score (nSPS) is 10.3. The minimum absolute atomic E-state index is 0.250. The van der Waals surface area contributed by atoms with E-state index < -0.39 is 18.5 Å². The van der Waals surface area contributed by atoms with Gasteiger partial charge in [0.1, 0.15) is 5.75 Å². The van der Waals surface area contributed by atoms with Gasteiger partial charge in [-0.3, -0.25) is 9.59 Å². The van der Waals surface area contributed by atoms with E-state index in [2.05, 4.69) is 5.32 Å². The van der Waals surface area contributed by atoms with E-state index in [0.29, 0.717) is 17.5 Å². The molecule has 0 saturated carbocycles. The second-order valence-corrected chi connectivity index (χ2v) is 5.90. The number of para-hydroxylation sites is 2. The van der Waals surface area contributed by atoms with E-state index in [0.717, 1.165) is 5.56 Å². The number of amides is 1. The predicted octanol–water partition coefficient (Wildman–Crippen LogP) is 3.18. The molecule has 0 heterocycles. The van der Waals surface area contributed by atoms with Crippen molar-refractivity contribution in [1.82, 2.24) is 0 Å². The van der Waals surface area contributed by atoms with E-state index in [1.54, 1.807) is 30.3 Å². The molecule has 0 atom stereocenters. The Morgan fingerprint density at radius 2 is 1.73 bits per heavy atom. The first-order valence-corrected chi connectivity index (χ1v) is 8.22. The zero-order valence-electron chi connectivity index (χ0n) is 14.7. The molecule has 0 aliphatic heterocycles. The molecule has 136 valence electrons. The summed E-state index contributed by atoms with van der Waals surface area (Å²) >= 11 is 0. The van der Waals surface area contributed by atoms with Gasteiger partial charge in [0.15, 0.2) is 19.5 Å². The van der Waals surface area contributed by atoms with Gasteiger partial charge < -0.3 is 14.8 Å². The Kier molecular flexibility index (Phi) is 6.91. The number of nitrogens with one attached hydrogen (secondary N) is 1. The Morgan fingerprint density at radius 3 is 2.46 bits per heavy atom. The van der Waals surface area contributed by atoms with E-state index in [9.17, 15) is 14.4 Å². The average Bonchev–Trinajstić information content (AvgIpc) is 2.65. The van der Waals surface area contributed by atoms with Crippen molar-refractivity contribution in [3.63, 3.8) is 0 Å². The maximum absolute atomic E-state index is 12.0. The van der Waals surface area contributed by atoms with Gasteiger partial charge in [-0.25, -0.2) is 4.79 Å². The Labute approximate surface area is 152 Å². The van der Waals surface area contributed by atoms with Gasteiger partial charge in [0.2, 0.25) is 0 Å². The molecule has 26 heavy (non-hydrogen) atoms. The van der Waals surface area contributed by atoms with Crippen molar-refractivity contribution in [2.24, 2.45) is 0 Å². The number of rotatable bonds is 8. The largest absolute Gasteiger partial charge is 0.481 e. The van der Waals surface area contributed by atoms with Gasteiger partial charge in [-0.05, 0) is 29.7 Å². The Bertz CT molecular complexity index is 785. The second-order valence-electron chi connectivity index (χ2n) is 5.90. The van der Waals surface area contributed by atoms with Gasteiger partial charge in [-0.1, -0.05) is 44.2 Å². The Hall–Kier alpha value is -3.15. The molecule has 0 bridgehead atoms. The molecule has 0 radical (unpaired) electrons. The van der Waals surface area contributed by atoms with Crippen LogP contribution in [-0.2, 0) is 14.3 Å². The van der Waals surface area contributed by atoms with E-state index in [4.69, 9.17) is 9.47 Å². The molecule has 0 spiro atoms. The summed E-state index contributed by atoms with van der Waals surface area (Å²) in [5, 5.41) is 2.74. The van der Waals surface area contributed by atoms with Crippen molar-refractivity contribution in [3.8, 4) is 5.75 Å². The number of ether oxygens (including phenoxy) is 2. The zero-order valence-corrected chi connectivity index (χ0v) is 14.7. The minimum Gasteiger partial charge on any atom is -0.481 e. The lowest BCUT2D eigenvalue weighted by Crippen LogP contribution is -2.24. The SMILES string of the molecule is CC(C)c1ccccc1NC(=O)COC(=O)COc1ccccc1C=O. The number of esters is 1. The van der Waals surface area contributed by atoms with Crippen LogP contribution >= 0.6 is 0 Å². The highest BCUT2D eigenvalue weighted by Gasteiger charge is 2.12. The van der Waals surface area contributed by atoms with Crippen LogP contribution in [0.1, 0.15) is 35.7 Å². The predicted molar refractivity (Wildman–Crippen MR) is 97.4 cm³/mol. The Balaban J connectivity index is 1.82. The van der Waals surface area contributed by atoms with Crippen LogP contribution in [0.25, 0.3) is 0 Å². The molecular weight excluding hydrogens is 334 g/mol.